The van der Waals surface area contributed by atoms with Crippen LogP contribution in [0.15, 0.2) is 60.7 Å². The molecule has 3 fully saturated rings. The smallest absolute Gasteiger partial charge is 0.408 e. The van der Waals surface area contributed by atoms with Gasteiger partial charge in [0.2, 0.25) is 21.8 Å². The van der Waals surface area contributed by atoms with E-state index in [4.69, 9.17) is 14.5 Å². The summed E-state index contributed by atoms with van der Waals surface area (Å²) in [4.78, 5) is 63.0. The zero-order valence-corrected chi connectivity index (χ0v) is 33.8. The molecule has 2 aromatic carbocycles. The highest BCUT2D eigenvalue weighted by atomic mass is 32.2. The molecule has 0 radical (unpaired) electrons. The number of carbonyl (C=O) groups is 4. The van der Waals surface area contributed by atoms with Gasteiger partial charge in [0, 0.05) is 28.9 Å². The maximum atomic E-state index is 14.9. The molecule has 13 nitrogen and oxygen atoms in total. The van der Waals surface area contributed by atoms with Crippen molar-refractivity contribution >= 4 is 44.7 Å². The number of sulfonamides is 1. The zero-order valence-electron chi connectivity index (χ0n) is 33.0. The van der Waals surface area contributed by atoms with Crippen molar-refractivity contribution in [2.45, 2.75) is 125 Å². The number of rotatable bonds is 5. The van der Waals surface area contributed by atoms with Crippen molar-refractivity contribution in [2.24, 2.45) is 5.92 Å². The highest BCUT2D eigenvalue weighted by Gasteiger charge is 2.63. The van der Waals surface area contributed by atoms with Gasteiger partial charge in [-0.1, -0.05) is 55.3 Å². The number of hydrogen-bond acceptors (Lipinski definition) is 9. The van der Waals surface area contributed by atoms with Crippen LogP contribution in [0.4, 0.5) is 9.18 Å². The summed E-state index contributed by atoms with van der Waals surface area (Å²) in [5.74, 6) is -2.41. The van der Waals surface area contributed by atoms with Crippen LogP contribution in [0.1, 0.15) is 90.5 Å². The van der Waals surface area contributed by atoms with Gasteiger partial charge in [-0.3, -0.25) is 19.1 Å². The van der Waals surface area contributed by atoms with E-state index in [0.29, 0.717) is 61.0 Å². The first-order valence-electron chi connectivity index (χ1n) is 20.3. The molecule has 3 N–H and O–H groups in total. The molecule has 4 amide bonds. The molecule has 5 atom stereocenters. The summed E-state index contributed by atoms with van der Waals surface area (Å²) in [5.41, 5.74) is -0.969. The molecule has 1 aromatic heterocycles. The first-order valence-corrected chi connectivity index (χ1v) is 21.8. The van der Waals surface area contributed by atoms with E-state index in [-0.39, 0.29) is 25.8 Å². The monoisotopic (exact) mass is 815 g/mol. The van der Waals surface area contributed by atoms with Gasteiger partial charge in [-0.15, -0.1) is 0 Å². The summed E-state index contributed by atoms with van der Waals surface area (Å²) in [6.45, 7) is 5.14. The van der Waals surface area contributed by atoms with Crippen LogP contribution in [0.2, 0.25) is 0 Å². The van der Waals surface area contributed by atoms with Crippen LogP contribution in [0, 0.1) is 11.7 Å². The van der Waals surface area contributed by atoms with Gasteiger partial charge in [-0.25, -0.2) is 22.6 Å². The molecule has 0 bridgehead atoms. The van der Waals surface area contributed by atoms with Gasteiger partial charge >= 0.3 is 6.09 Å². The fraction of sp³-hybridized carbons (Fsp3) is 0.512. The molecule has 2 aliphatic carbocycles. The Kier molecular flexibility index (Phi) is 10.3. The number of hydrogen-bond donors (Lipinski definition) is 3. The van der Waals surface area contributed by atoms with Crippen molar-refractivity contribution in [2.75, 3.05) is 6.54 Å². The Balaban J connectivity index is 1.17. The van der Waals surface area contributed by atoms with Crippen molar-refractivity contribution in [1.82, 2.24) is 25.2 Å². The Bertz CT molecular complexity index is 2310. The number of allylic oxidation sites excluding steroid dienone is 1. The van der Waals surface area contributed by atoms with Crippen LogP contribution in [0.5, 0.6) is 5.75 Å². The molecular formula is C43H50FN5O8S. The fourth-order valence-electron chi connectivity index (χ4n) is 8.66. The van der Waals surface area contributed by atoms with E-state index in [1.54, 1.807) is 32.9 Å². The maximum Gasteiger partial charge on any atom is 0.408 e. The van der Waals surface area contributed by atoms with Gasteiger partial charge in [0.05, 0.1) is 17.3 Å². The summed E-state index contributed by atoms with van der Waals surface area (Å²) < 4.78 is 55.4. The first kappa shape index (κ1) is 39.8. The van der Waals surface area contributed by atoms with E-state index in [0.717, 1.165) is 23.8 Å². The highest BCUT2D eigenvalue weighted by molar-refractivity contribution is 7.91. The molecule has 308 valence electrons. The number of nitrogens with zero attached hydrogens (tertiary/aromatic N) is 2. The van der Waals surface area contributed by atoms with Crippen LogP contribution < -0.4 is 20.1 Å². The normalized spacial score (nSPS) is 28.1. The van der Waals surface area contributed by atoms with Crippen LogP contribution in [0.3, 0.4) is 0 Å². The highest BCUT2D eigenvalue weighted by Crippen LogP contribution is 2.49. The molecule has 58 heavy (non-hydrogen) atoms. The average Bonchev–Trinajstić information content (AvgIpc) is 4.10. The standard InChI is InChI=1S/C43H50FN5O8S/c1-41(2,3)57-40(53)46-33-17-8-6-4-5-7-13-27-23-43(27,39(52)48-58(54,55)29-18-19-29)47-37(50)34-24-42(25-49(34)38(33)51)21-20-31-30-15-9-10-16-32(30)45-35(36(31)56-42)26-12-11-14-28(44)22-26/h7,9-16,22,27,29,33-34H,4-6,8,17-21,23-25H2,1-3H3,(H,46,53)(H,47,50)(H,48,52)/b13-7-/t27-,33+,34+,42-,43-/m1/s1. The molecule has 3 aliphatic heterocycles. The molecule has 0 unspecified atom stereocenters. The van der Waals surface area contributed by atoms with Gasteiger partial charge in [0.15, 0.2) is 0 Å². The molecule has 3 aromatic rings. The summed E-state index contributed by atoms with van der Waals surface area (Å²) in [7, 11) is -3.93. The summed E-state index contributed by atoms with van der Waals surface area (Å²) >= 11 is 0. The number of benzene rings is 2. The van der Waals surface area contributed by atoms with Crippen molar-refractivity contribution < 1.29 is 41.5 Å². The number of para-hydroxylation sites is 1. The third kappa shape index (κ3) is 8.01. The predicted octanol–water partition coefficient (Wildman–Crippen LogP) is 5.60. The van der Waals surface area contributed by atoms with E-state index >= 15 is 0 Å². The summed E-state index contributed by atoms with van der Waals surface area (Å²) in [5, 5.41) is 5.93. The van der Waals surface area contributed by atoms with Crippen LogP contribution in [0.25, 0.3) is 22.2 Å². The van der Waals surface area contributed by atoms with Crippen molar-refractivity contribution in [3.8, 4) is 17.0 Å². The summed E-state index contributed by atoms with van der Waals surface area (Å²) in [6, 6.07) is 11.5. The quantitative estimate of drug-likeness (QED) is 0.277. The minimum atomic E-state index is -3.93. The molecule has 2 saturated carbocycles. The lowest BCUT2D eigenvalue weighted by Crippen LogP contribution is -2.58. The second-order valence-electron chi connectivity index (χ2n) is 17.5. The lowest BCUT2D eigenvalue weighted by Gasteiger charge is -2.37. The number of fused-ring (bicyclic) bond motifs is 5. The largest absolute Gasteiger partial charge is 0.483 e. The third-order valence-corrected chi connectivity index (χ3v) is 13.7. The number of aryl methyl sites for hydroxylation is 1. The van der Waals surface area contributed by atoms with Crippen LogP contribution in [-0.4, -0.2) is 82.7 Å². The number of ether oxygens (including phenoxy) is 2. The van der Waals surface area contributed by atoms with Crippen molar-refractivity contribution in [3.05, 3.63) is 72.1 Å². The van der Waals surface area contributed by atoms with Crippen molar-refractivity contribution in [3.63, 3.8) is 0 Å². The molecule has 15 heteroatoms. The van der Waals surface area contributed by atoms with E-state index in [1.807, 2.05) is 36.4 Å². The van der Waals surface area contributed by atoms with Gasteiger partial charge in [-0.05, 0) is 90.3 Å². The topological polar surface area (TPSA) is 173 Å². The molecule has 1 spiro atoms. The molecule has 8 rings (SSSR count). The Hall–Kier alpha value is -5.05. The Morgan fingerprint density at radius 3 is 2.59 bits per heavy atom. The zero-order chi connectivity index (χ0) is 41.0. The van der Waals surface area contributed by atoms with Gasteiger partial charge in [-0.2, -0.15) is 0 Å². The number of nitrogens with one attached hydrogen (secondary N) is 3. The Morgan fingerprint density at radius 2 is 1.83 bits per heavy atom. The first-order chi connectivity index (χ1) is 27.6. The minimum Gasteiger partial charge on any atom is -0.483 e. The maximum absolute atomic E-state index is 14.9. The number of alkyl carbamates (subject to hydrolysis) is 1. The van der Waals surface area contributed by atoms with E-state index in [1.165, 1.54) is 17.0 Å². The number of halogens is 1. The molecule has 5 aliphatic rings. The average molecular weight is 816 g/mol. The number of pyridine rings is 1. The minimum absolute atomic E-state index is 0.0250. The lowest BCUT2D eigenvalue weighted by atomic mass is 9.86. The van der Waals surface area contributed by atoms with Crippen LogP contribution in [-0.2, 0) is 35.6 Å². The number of aromatic nitrogens is 1. The number of carbonyl (C=O) groups excluding carboxylic acids is 4. The SMILES string of the molecule is CC(C)(C)OC(=O)N[C@H]1CCCCC/C=C\[C@@H]2C[C@@]2(C(=O)NS(=O)(=O)C2CC2)NC(=O)[C@@H]2C[C@]3(CCc4c(c(-c5cccc(F)c5)nc5ccccc45)O3)CN2C1=O. The third-order valence-electron chi connectivity index (χ3n) is 11.9. The second-order valence-corrected chi connectivity index (χ2v) is 19.4. The fourth-order valence-corrected chi connectivity index (χ4v) is 10.0. The van der Waals surface area contributed by atoms with Crippen LogP contribution >= 0.6 is 0 Å². The Morgan fingerprint density at radius 1 is 1.03 bits per heavy atom. The second kappa shape index (κ2) is 15.0. The molecular weight excluding hydrogens is 766 g/mol. The van der Waals surface area contributed by atoms with Gasteiger partial charge in [0.1, 0.15) is 46.1 Å². The van der Waals surface area contributed by atoms with Gasteiger partial charge in [0.25, 0.3) is 5.91 Å². The predicted molar refractivity (Wildman–Crippen MR) is 213 cm³/mol. The lowest BCUT2D eigenvalue weighted by molar-refractivity contribution is -0.141. The van der Waals surface area contributed by atoms with Gasteiger partial charge < -0.3 is 25.0 Å². The Labute approximate surface area is 337 Å². The molecule has 4 heterocycles. The molecule has 1 saturated heterocycles. The van der Waals surface area contributed by atoms with E-state index in [9.17, 15) is 32.0 Å². The van der Waals surface area contributed by atoms with E-state index < -0.39 is 79.6 Å². The van der Waals surface area contributed by atoms with Crippen molar-refractivity contribution in [1.29, 1.82) is 0 Å². The number of amides is 4. The summed E-state index contributed by atoms with van der Waals surface area (Å²) in [6.07, 6.45) is 8.16. The van der Waals surface area contributed by atoms with E-state index in [2.05, 4.69) is 15.4 Å².